The summed E-state index contributed by atoms with van der Waals surface area (Å²) in [4.78, 5) is 13.1. The maximum atomic E-state index is 11.0. The average Bonchev–Trinajstić information content (AvgIpc) is 2.72. The van der Waals surface area contributed by atoms with E-state index in [1.54, 1.807) is 13.0 Å². The summed E-state index contributed by atoms with van der Waals surface area (Å²) in [5, 5.41) is 18.1. The van der Waals surface area contributed by atoms with Crippen molar-refractivity contribution in [3.63, 3.8) is 0 Å². The molecule has 1 aromatic rings. The summed E-state index contributed by atoms with van der Waals surface area (Å²) in [6.45, 7) is 7.04. The molecule has 1 heterocycles. The van der Waals surface area contributed by atoms with Crippen LogP contribution >= 0.6 is 0 Å². The number of carboxylic acid groups (broad SMARTS) is 1. The summed E-state index contributed by atoms with van der Waals surface area (Å²) in [6, 6.07) is 1.94. The van der Waals surface area contributed by atoms with Gasteiger partial charge in [-0.3, -0.25) is 4.90 Å². The number of nitrogens with zero attached hydrogens (tertiary/aromatic N) is 1. The van der Waals surface area contributed by atoms with Crippen molar-refractivity contribution in [1.82, 2.24) is 4.90 Å². The Morgan fingerprint density at radius 2 is 2.05 bits per heavy atom. The molecule has 5 heteroatoms. The number of aryl methyl sites for hydroxylation is 1. The van der Waals surface area contributed by atoms with Crippen molar-refractivity contribution < 1.29 is 19.4 Å². The summed E-state index contributed by atoms with van der Waals surface area (Å²) < 4.78 is 5.49. The Labute approximate surface area is 113 Å². The first-order valence-electron chi connectivity index (χ1n) is 6.70. The van der Waals surface area contributed by atoms with Gasteiger partial charge in [-0.1, -0.05) is 13.8 Å². The number of hydrogen-bond acceptors (Lipinski definition) is 4. The van der Waals surface area contributed by atoms with E-state index in [-0.39, 0.29) is 12.2 Å². The van der Waals surface area contributed by atoms with Crippen LogP contribution in [0.3, 0.4) is 0 Å². The van der Waals surface area contributed by atoms with Crippen molar-refractivity contribution in [1.29, 1.82) is 0 Å². The highest BCUT2D eigenvalue weighted by molar-refractivity contribution is 5.88. The number of hydrogen-bond donors (Lipinski definition) is 2. The molecule has 0 aliphatic heterocycles. The third-order valence-electron chi connectivity index (χ3n) is 3.40. The molecule has 0 aliphatic rings. The molecular weight excluding hydrogens is 246 g/mol. The zero-order chi connectivity index (χ0) is 14.4. The zero-order valence-corrected chi connectivity index (χ0v) is 11.8. The third kappa shape index (κ3) is 4.08. The number of furan rings is 1. The van der Waals surface area contributed by atoms with Crippen LogP contribution in [0.15, 0.2) is 10.5 Å². The minimum absolute atomic E-state index is 0.0853. The third-order valence-corrected chi connectivity index (χ3v) is 3.40. The van der Waals surface area contributed by atoms with Crippen molar-refractivity contribution in [2.75, 3.05) is 13.2 Å². The maximum Gasteiger partial charge on any atom is 0.339 e. The van der Waals surface area contributed by atoms with Crippen LogP contribution in [0.1, 0.15) is 48.6 Å². The standard InChI is InChI=1S/C14H23NO4/c1-4-11(5-2)15(6-7-16)9-12-8-13(14(17)18)10(3)19-12/h8,11,16H,4-7,9H2,1-3H3,(H,17,18). The SMILES string of the molecule is CCC(CC)N(CCO)Cc1cc(C(=O)O)c(C)o1. The first kappa shape index (κ1) is 15.7. The highest BCUT2D eigenvalue weighted by Gasteiger charge is 2.19. The Hall–Kier alpha value is -1.33. The lowest BCUT2D eigenvalue weighted by Gasteiger charge is -2.28. The number of aliphatic hydroxyl groups excluding tert-OH is 1. The highest BCUT2D eigenvalue weighted by Crippen LogP contribution is 2.19. The van der Waals surface area contributed by atoms with Gasteiger partial charge in [-0.05, 0) is 25.8 Å². The average molecular weight is 269 g/mol. The highest BCUT2D eigenvalue weighted by atomic mass is 16.4. The van der Waals surface area contributed by atoms with Crippen LogP contribution in [0.2, 0.25) is 0 Å². The number of carboxylic acids is 1. The predicted octanol–water partition coefficient (Wildman–Crippen LogP) is 2.27. The lowest BCUT2D eigenvalue weighted by Crippen LogP contribution is -2.36. The molecule has 1 aromatic heterocycles. The predicted molar refractivity (Wildman–Crippen MR) is 72.3 cm³/mol. The normalized spacial score (nSPS) is 11.5. The quantitative estimate of drug-likeness (QED) is 0.757. The molecule has 0 unspecified atom stereocenters. The number of aliphatic hydroxyl groups is 1. The van der Waals surface area contributed by atoms with Crippen LogP contribution in [-0.4, -0.2) is 40.3 Å². The fraction of sp³-hybridized carbons (Fsp3) is 0.643. The molecule has 19 heavy (non-hydrogen) atoms. The minimum Gasteiger partial charge on any atom is -0.478 e. The summed E-state index contributed by atoms with van der Waals surface area (Å²) in [5.74, 6) is 0.0926. The van der Waals surface area contributed by atoms with Gasteiger partial charge in [0.2, 0.25) is 0 Å². The Balaban J connectivity index is 2.84. The van der Waals surface area contributed by atoms with Crippen molar-refractivity contribution in [2.45, 2.75) is 46.2 Å². The van der Waals surface area contributed by atoms with Gasteiger partial charge in [0.15, 0.2) is 0 Å². The van der Waals surface area contributed by atoms with Crippen LogP contribution in [0.4, 0.5) is 0 Å². The fourth-order valence-electron chi connectivity index (χ4n) is 2.36. The lowest BCUT2D eigenvalue weighted by atomic mass is 10.1. The smallest absolute Gasteiger partial charge is 0.339 e. The number of carbonyl (C=O) groups is 1. The molecule has 0 aliphatic carbocycles. The number of rotatable bonds is 8. The molecule has 0 spiro atoms. The van der Waals surface area contributed by atoms with E-state index in [0.29, 0.717) is 30.7 Å². The van der Waals surface area contributed by atoms with Crippen LogP contribution in [-0.2, 0) is 6.54 Å². The van der Waals surface area contributed by atoms with Gasteiger partial charge in [-0.25, -0.2) is 4.79 Å². The largest absolute Gasteiger partial charge is 0.478 e. The van der Waals surface area contributed by atoms with Crippen molar-refractivity contribution >= 4 is 5.97 Å². The minimum atomic E-state index is -0.969. The molecule has 2 N–H and O–H groups in total. The van der Waals surface area contributed by atoms with E-state index in [0.717, 1.165) is 12.8 Å². The van der Waals surface area contributed by atoms with Gasteiger partial charge >= 0.3 is 5.97 Å². The van der Waals surface area contributed by atoms with Gasteiger partial charge < -0.3 is 14.6 Å². The molecule has 0 bridgehead atoms. The van der Waals surface area contributed by atoms with Gasteiger partial charge in [0, 0.05) is 12.6 Å². The topological polar surface area (TPSA) is 73.9 Å². The molecular formula is C14H23NO4. The Morgan fingerprint density at radius 1 is 1.42 bits per heavy atom. The molecule has 0 amide bonds. The summed E-state index contributed by atoms with van der Waals surface area (Å²) >= 11 is 0. The van der Waals surface area contributed by atoms with E-state index < -0.39 is 5.97 Å². The van der Waals surface area contributed by atoms with Gasteiger partial charge in [0.05, 0.1) is 13.2 Å². The Bertz CT molecular complexity index is 410. The molecule has 0 fully saturated rings. The molecule has 108 valence electrons. The van der Waals surface area contributed by atoms with Crippen molar-refractivity contribution in [2.24, 2.45) is 0 Å². The molecule has 0 radical (unpaired) electrons. The Morgan fingerprint density at radius 3 is 2.47 bits per heavy atom. The van der Waals surface area contributed by atoms with E-state index >= 15 is 0 Å². The second-order valence-electron chi connectivity index (χ2n) is 4.65. The van der Waals surface area contributed by atoms with Gasteiger partial charge in [-0.15, -0.1) is 0 Å². The monoisotopic (exact) mass is 269 g/mol. The van der Waals surface area contributed by atoms with Gasteiger partial charge in [-0.2, -0.15) is 0 Å². The van der Waals surface area contributed by atoms with E-state index in [4.69, 9.17) is 14.6 Å². The molecule has 0 saturated carbocycles. The lowest BCUT2D eigenvalue weighted by molar-refractivity contribution is 0.0695. The molecule has 0 aromatic carbocycles. The second kappa shape index (κ2) is 7.31. The summed E-state index contributed by atoms with van der Waals surface area (Å²) in [6.07, 6.45) is 1.98. The maximum absolute atomic E-state index is 11.0. The first-order chi connectivity index (χ1) is 9.03. The zero-order valence-electron chi connectivity index (χ0n) is 11.8. The molecule has 0 saturated heterocycles. The molecule has 5 nitrogen and oxygen atoms in total. The Kier molecular flexibility index (Phi) is 6.05. The van der Waals surface area contributed by atoms with E-state index in [9.17, 15) is 4.79 Å². The molecule has 0 atom stereocenters. The fourth-order valence-corrected chi connectivity index (χ4v) is 2.36. The van der Waals surface area contributed by atoms with Crippen molar-refractivity contribution in [3.8, 4) is 0 Å². The van der Waals surface area contributed by atoms with Crippen molar-refractivity contribution in [3.05, 3.63) is 23.2 Å². The summed E-state index contributed by atoms with van der Waals surface area (Å²) in [5.41, 5.74) is 0.212. The number of aromatic carboxylic acids is 1. The van der Waals surface area contributed by atoms with E-state index in [2.05, 4.69) is 18.7 Å². The van der Waals surface area contributed by atoms with Gasteiger partial charge in [0.25, 0.3) is 0 Å². The van der Waals surface area contributed by atoms with Crippen LogP contribution in [0.25, 0.3) is 0 Å². The van der Waals surface area contributed by atoms with Gasteiger partial charge in [0.1, 0.15) is 17.1 Å². The van der Waals surface area contributed by atoms with Crippen LogP contribution in [0, 0.1) is 6.92 Å². The second-order valence-corrected chi connectivity index (χ2v) is 4.65. The molecule has 1 rings (SSSR count). The van der Waals surface area contributed by atoms with Crippen LogP contribution < -0.4 is 0 Å². The van der Waals surface area contributed by atoms with E-state index in [1.807, 2.05) is 0 Å². The van der Waals surface area contributed by atoms with Crippen LogP contribution in [0.5, 0.6) is 0 Å². The first-order valence-corrected chi connectivity index (χ1v) is 6.70. The summed E-state index contributed by atoms with van der Waals surface area (Å²) in [7, 11) is 0. The van der Waals surface area contributed by atoms with E-state index in [1.165, 1.54) is 0 Å².